The first kappa shape index (κ1) is 17.6. The number of pyridine rings is 1. The number of carbonyl (C=O) groups excluding carboxylic acids is 2. The Morgan fingerprint density at radius 2 is 1.92 bits per heavy atom. The number of nitrogens with one attached hydrogen (secondary N) is 2. The quantitative estimate of drug-likeness (QED) is 0.265. The van der Waals surface area contributed by atoms with Crippen molar-refractivity contribution in [3.63, 3.8) is 0 Å². The Balaban J connectivity index is 1.94. The number of halogens is 1. The monoisotopic (exact) mass is 340 g/mol. The minimum atomic E-state index is -1.13. The van der Waals surface area contributed by atoms with E-state index in [2.05, 4.69) is 4.98 Å². The van der Waals surface area contributed by atoms with Crippen molar-refractivity contribution >= 4 is 23.5 Å². The fraction of sp³-hybridized carbons (Fsp3) is 0.429. The van der Waals surface area contributed by atoms with Crippen molar-refractivity contribution in [1.82, 2.24) is 10.4 Å². The maximum atomic E-state index is 13.9. The van der Waals surface area contributed by atoms with Crippen molar-refractivity contribution in [2.24, 2.45) is 11.8 Å². The number of hydrazine groups is 1. The van der Waals surface area contributed by atoms with E-state index in [4.69, 9.17) is 15.7 Å². The molecule has 1 aliphatic rings. The second kappa shape index (κ2) is 7.68. The van der Waals surface area contributed by atoms with Gasteiger partial charge in [0.2, 0.25) is 5.88 Å². The summed E-state index contributed by atoms with van der Waals surface area (Å²) in [5.74, 6) is 0.553. The van der Waals surface area contributed by atoms with Crippen LogP contribution in [0.25, 0.3) is 0 Å². The first-order valence-corrected chi connectivity index (χ1v) is 7.27. The number of nitrogens with two attached hydrogens (primary N) is 1. The summed E-state index contributed by atoms with van der Waals surface area (Å²) in [4.78, 5) is 37.0. The van der Waals surface area contributed by atoms with Crippen LogP contribution in [0.4, 0.5) is 10.1 Å². The number of hydrogen-bond acceptors (Lipinski definition) is 6. The number of anilines is 1. The summed E-state index contributed by atoms with van der Waals surface area (Å²) in [5, 5.41) is 11.0. The molecule has 1 heterocycles. The summed E-state index contributed by atoms with van der Waals surface area (Å²) in [6, 6.07) is 0.985. The highest BCUT2D eigenvalue weighted by atomic mass is 19.1. The largest absolute Gasteiger partial charge is 0.481 e. The van der Waals surface area contributed by atoms with Gasteiger partial charge in [-0.1, -0.05) is 0 Å². The summed E-state index contributed by atoms with van der Waals surface area (Å²) < 4.78 is 19.5. The van der Waals surface area contributed by atoms with Crippen molar-refractivity contribution in [3.05, 3.63) is 18.1 Å². The van der Waals surface area contributed by atoms with Gasteiger partial charge in [0.15, 0.2) is 5.82 Å². The van der Waals surface area contributed by atoms with Gasteiger partial charge in [0.25, 0.3) is 0 Å². The van der Waals surface area contributed by atoms with Crippen LogP contribution in [0.1, 0.15) is 25.7 Å². The Morgan fingerprint density at radius 1 is 1.25 bits per heavy atom. The number of aromatic nitrogens is 1. The third-order valence-corrected chi connectivity index (χ3v) is 3.72. The number of nitrogens with zero attached hydrogens (tertiary/aromatic N) is 1. The van der Waals surface area contributed by atoms with Crippen LogP contribution in [0, 0.1) is 11.7 Å². The van der Waals surface area contributed by atoms with E-state index >= 15 is 0 Å². The molecule has 0 saturated heterocycles. The van der Waals surface area contributed by atoms with E-state index in [0.717, 1.165) is 12.3 Å². The van der Waals surface area contributed by atoms with Crippen LogP contribution in [0.15, 0.2) is 12.3 Å². The molecule has 9 nitrogen and oxygen atoms in total. The number of carbonyl (C=O) groups is 3. The maximum absolute atomic E-state index is 13.9. The molecule has 0 atom stereocenters. The first-order chi connectivity index (χ1) is 11.4. The first-order valence-electron chi connectivity index (χ1n) is 7.27. The number of aliphatic carboxylic acids is 1. The van der Waals surface area contributed by atoms with Crippen molar-refractivity contribution in [2.75, 3.05) is 5.32 Å². The number of ether oxygens (including phenoxy) is 1. The summed E-state index contributed by atoms with van der Waals surface area (Å²) in [7, 11) is 0. The Labute approximate surface area is 136 Å². The van der Waals surface area contributed by atoms with E-state index in [0.29, 0.717) is 25.7 Å². The lowest BCUT2D eigenvalue weighted by atomic mass is 9.87. The van der Waals surface area contributed by atoms with Crippen LogP contribution in [0.5, 0.6) is 5.88 Å². The molecule has 10 heteroatoms. The molecule has 1 saturated carbocycles. The summed E-state index contributed by atoms with van der Waals surface area (Å²) in [6.45, 7) is 0. The average Bonchev–Trinajstić information content (AvgIpc) is 2.57. The van der Waals surface area contributed by atoms with E-state index < -0.39 is 23.6 Å². The zero-order valence-electron chi connectivity index (χ0n) is 12.6. The zero-order valence-corrected chi connectivity index (χ0v) is 12.6. The minimum Gasteiger partial charge on any atom is -0.481 e. The fourth-order valence-electron chi connectivity index (χ4n) is 2.41. The fourth-order valence-corrected chi connectivity index (χ4v) is 2.41. The van der Waals surface area contributed by atoms with Gasteiger partial charge in [-0.3, -0.25) is 19.8 Å². The molecule has 1 aliphatic carbocycles. The second-order valence-electron chi connectivity index (χ2n) is 5.36. The van der Waals surface area contributed by atoms with Gasteiger partial charge in [-0.05, 0) is 25.7 Å². The molecule has 1 aromatic heterocycles. The molecule has 1 fully saturated rings. The molecule has 2 rings (SSSR count). The molecule has 0 spiro atoms. The Morgan fingerprint density at radius 3 is 2.46 bits per heavy atom. The van der Waals surface area contributed by atoms with Gasteiger partial charge in [0.1, 0.15) is 6.10 Å². The molecular formula is C14H17FN4O5. The Hall–Kier alpha value is -2.75. The van der Waals surface area contributed by atoms with Gasteiger partial charge in [0.05, 0.1) is 17.8 Å². The smallest absolute Gasteiger partial charge is 0.323 e. The Kier molecular flexibility index (Phi) is 5.64. The molecular weight excluding hydrogens is 323 g/mol. The van der Waals surface area contributed by atoms with Gasteiger partial charge in [-0.15, -0.1) is 0 Å². The van der Waals surface area contributed by atoms with Crippen LogP contribution in [0.2, 0.25) is 0 Å². The minimum absolute atomic E-state index is 0.0209. The molecule has 5 N–H and O–H groups in total. The summed E-state index contributed by atoms with van der Waals surface area (Å²) in [5.41, 5.74) is 1.33. The molecule has 0 radical (unpaired) electrons. The molecule has 0 bridgehead atoms. The molecule has 0 unspecified atom stereocenters. The highest BCUT2D eigenvalue weighted by Crippen LogP contribution is 2.28. The van der Waals surface area contributed by atoms with Crippen molar-refractivity contribution < 1.29 is 28.6 Å². The molecule has 130 valence electrons. The SMILES string of the molecule is NNC(=O)C(=O)Nc1cnc(OC2CCC(C(=O)O)CC2)cc1F. The third kappa shape index (κ3) is 4.38. The van der Waals surface area contributed by atoms with E-state index in [-0.39, 0.29) is 23.6 Å². The summed E-state index contributed by atoms with van der Waals surface area (Å²) >= 11 is 0. The molecule has 0 aliphatic heterocycles. The van der Waals surface area contributed by atoms with Gasteiger partial charge >= 0.3 is 17.8 Å². The van der Waals surface area contributed by atoms with Crippen LogP contribution in [-0.2, 0) is 14.4 Å². The zero-order chi connectivity index (χ0) is 17.7. The number of hydrogen-bond donors (Lipinski definition) is 4. The van der Waals surface area contributed by atoms with Crippen LogP contribution >= 0.6 is 0 Å². The number of amides is 2. The summed E-state index contributed by atoms with van der Waals surface area (Å²) in [6.07, 6.45) is 2.84. The van der Waals surface area contributed by atoms with E-state index in [1.54, 1.807) is 5.43 Å². The predicted octanol–water partition coefficient (Wildman–Crippen LogP) is 0.171. The van der Waals surface area contributed by atoms with Gasteiger partial charge in [0, 0.05) is 6.07 Å². The van der Waals surface area contributed by atoms with Crippen molar-refractivity contribution in [1.29, 1.82) is 0 Å². The van der Waals surface area contributed by atoms with Gasteiger partial charge in [-0.2, -0.15) is 0 Å². The van der Waals surface area contributed by atoms with Crippen LogP contribution in [-0.4, -0.2) is 34.0 Å². The highest BCUT2D eigenvalue weighted by Gasteiger charge is 2.27. The van der Waals surface area contributed by atoms with Crippen molar-refractivity contribution in [3.8, 4) is 5.88 Å². The normalized spacial score (nSPS) is 20.1. The average molecular weight is 340 g/mol. The maximum Gasteiger partial charge on any atom is 0.323 e. The van der Waals surface area contributed by atoms with E-state index in [9.17, 15) is 18.8 Å². The standard InChI is InChI=1S/C14H17FN4O5/c15-9-5-11(17-6-10(9)18-12(20)13(21)19-16)24-8-3-1-7(2-4-8)14(22)23/h5-8H,1-4,16H2,(H,18,20)(H,19,21)(H,22,23). The number of rotatable bonds is 4. The van der Waals surface area contributed by atoms with E-state index in [1.807, 2.05) is 5.32 Å². The highest BCUT2D eigenvalue weighted by molar-refractivity contribution is 6.39. The number of carboxylic acids is 1. The lowest BCUT2D eigenvalue weighted by molar-refractivity contribution is -0.143. The second-order valence-corrected chi connectivity index (χ2v) is 5.36. The lowest BCUT2D eigenvalue weighted by Gasteiger charge is -2.26. The van der Waals surface area contributed by atoms with Crippen LogP contribution < -0.4 is 21.3 Å². The lowest BCUT2D eigenvalue weighted by Crippen LogP contribution is -2.39. The number of carboxylic acid groups (broad SMARTS) is 1. The topological polar surface area (TPSA) is 144 Å². The molecule has 1 aromatic rings. The van der Waals surface area contributed by atoms with E-state index in [1.165, 1.54) is 0 Å². The van der Waals surface area contributed by atoms with Gasteiger partial charge in [-0.25, -0.2) is 15.2 Å². The van der Waals surface area contributed by atoms with Crippen LogP contribution in [0.3, 0.4) is 0 Å². The molecule has 24 heavy (non-hydrogen) atoms. The predicted molar refractivity (Wildman–Crippen MR) is 79.2 cm³/mol. The van der Waals surface area contributed by atoms with Gasteiger partial charge < -0.3 is 15.2 Å². The van der Waals surface area contributed by atoms with Crippen molar-refractivity contribution in [2.45, 2.75) is 31.8 Å². The third-order valence-electron chi connectivity index (χ3n) is 3.72. The molecule has 2 amide bonds. The Bertz CT molecular complexity index is 646. The molecule has 0 aromatic carbocycles.